The maximum atomic E-state index is 14.0. The molecule has 3 rings (SSSR count). The van der Waals surface area contributed by atoms with Crippen molar-refractivity contribution in [2.24, 2.45) is 0 Å². The molecular formula is C14H11FN2O2S. The molecule has 0 radical (unpaired) electrons. The molecule has 0 fully saturated rings. The molecule has 0 aliphatic carbocycles. The van der Waals surface area contributed by atoms with Gasteiger partial charge in [0.1, 0.15) is 17.3 Å². The Hall–Kier alpha value is -2.34. The maximum absolute atomic E-state index is 14.0. The normalized spacial score (nSPS) is 10.7. The van der Waals surface area contributed by atoms with Gasteiger partial charge in [0, 0.05) is 17.0 Å². The molecule has 0 saturated carbocycles. The van der Waals surface area contributed by atoms with Gasteiger partial charge < -0.3 is 15.0 Å². The fourth-order valence-corrected chi connectivity index (χ4v) is 2.79. The number of thiophene rings is 1. The third-order valence-electron chi connectivity index (χ3n) is 2.91. The molecule has 0 saturated heterocycles. The van der Waals surface area contributed by atoms with E-state index in [-0.39, 0.29) is 11.7 Å². The van der Waals surface area contributed by atoms with Crippen molar-refractivity contribution in [3.8, 4) is 27.4 Å². The van der Waals surface area contributed by atoms with E-state index in [1.54, 1.807) is 25.3 Å². The zero-order valence-corrected chi connectivity index (χ0v) is 11.4. The van der Waals surface area contributed by atoms with Crippen molar-refractivity contribution < 1.29 is 13.7 Å². The van der Waals surface area contributed by atoms with Crippen LogP contribution >= 0.6 is 11.3 Å². The van der Waals surface area contributed by atoms with Crippen LogP contribution in [-0.4, -0.2) is 12.3 Å². The first-order valence-electron chi connectivity index (χ1n) is 5.83. The first kappa shape index (κ1) is 12.7. The molecule has 0 aliphatic rings. The van der Waals surface area contributed by atoms with Crippen molar-refractivity contribution in [2.75, 3.05) is 12.8 Å². The second kappa shape index (κ2) is 4.97. The Morgan fingerprint density at radius 3 is 2.85 bits per heavy atom. The van der Waals surface area contributed by atoms with Crippen LogP contribution in [-0.2, 0) is 0 Å². The number of rotatable bonds is 3. The van der Waals surface area contributed by atoms with Crippen molar-refractivity contribution in [1.82, 2.24) is 5.16 Å². The fraction of sp³-hybridized carbons (Fsp3) is 0.0714. The summed E-state index contributed by atoms with van der Waals surface area (Å²) < 4.78 is 24.1. The highest BCUT2D eigenvalue weighted by Crippen LogP contribution is 2.40. The van der Waals surface area contributed by atoms with E-state index in [1.807, 2.05) is 11.4 Å². The lowest BCUT2D eigenvalue weighted by molar-refractivity contribution is 0.416. The van der Waals surface area contributed by atoms with E-state index >= 15 is 0 Å². The maximum Gasteiger partial charge on any atom is 0.230 e. The number of hydrogen-bond donors (Lipinski definition) is 1. The van der Waals surface area contributed by atoms with Crippen molar-refractivity contribution in [2.45, 2.75) is 0 Å². The highest BCUT2D eigenvalue weighted by molar-refractivity contribution is 7.13. The van der Waals surface area contributed by atoms with E-state index in [2.05, 4.69) is 5.16 Å². The Morgan fingerprint density at radius 2 is 2.15 bits per heavy atom. The van der Waals surface area contributed by atoms with Crippen molar-refractivity contribution >= 4 is 17.2 Å². The number of benzene rings is 1. The monoisotopic (exact) mass is 290 g/mol. The lowest BCUT2D eigenvalue weighted by Crippen LogP contribution is -1.89. The number of hydrogen-bond acceptors (Lipinski definition) is 5. The molecule has 1 aromatic carbocycles. The molecule has 2 N–H and O–H groups in total. The number of nitrogens with two attached hydrogens (primary N) is 1. The first-order valence-corrected chi connectivity index (χ1v) is 6.71. The van der Waals surface area contributed by atoms with Crippen molar-refractivity contribution in [1.29, 1.82) is 0 Å². The Morgan fingerprint density at radius 1 is 1.35 bits per heavy atom. The van der Waals surface area contributed by atoms with Gasteiger partial charge in [0.15, 0.2) is 0 Å². The fourth-order valence-electron chi connectivity index (χ4n) is 1.95. The number of ether oxygens (including phenoxy) is 1. The largest absolute Gasteiger partial charge is 0.496 e. The summed E-state index contributed by atoms with van der Waals surface area (Å²) in [5.41, 5.74) is 7.15. The number of anilines is 1. The van der Waals surface area contributed by atoms with Gasteiger partial charge in [-0.15, -0.1) is 11.3 Å². The summed E-state index contributed by atoms with van der Waals surface area (Å²) in [5, 5.41) is 5.78. The molecule has 2 heterocycles. The van der Waals surface area contributed by atoms with E-state index in [4.69, 9.17) is 15.0 Å². The summed E-state index contributed by atoms with van der Waals surface area (Å²) in [4.78, 5) is 0.806. The topological polar surface area (TPSA) is 61.3 Å². The second-order valence-electron chi connectivity index (χ2n) is 4.10. The molecular weight excluding hydrogens is 279 g/mol. The van der Waals surface area contributed by atoms with Gasteiger partial charge in [0.05, 0.1) is 17.6 Å². The lowest BCUT2D eigenvalue weighted by Gasteiger charge is -2.02. The van der Waals surface area contributed by atoms with Gasteiger partial charge >= 0.3 is 0 Å². The number of nitrogen functional groups attached to an aromatic ring is 1. The minimum absolute atomic E-state index is 0.0949. The Labute approximate surface area is 118 Å². The van der Waals surface area contributed by atoms with Crippen LogP contribution in [0.15, 0.2) is 40.2 Å². The van der Waals surface area contributed by atoms with Gasteiger partial charge in [-0.2, -0.15) is 0 Å². The summed E-state index contributed by atoms with van der Waals surface area (Å²) in [6.45, 7) is 0. The molecule has 4 nitrogen and oxygen atoms in total. The molecule has 0 spiro atoms. The zero-order chi connectivity index (χ0) is 14.1. The first-order chi connectivity index (χ1) is 9.70. The van der Waals surface area contributed by atoms with Crippen LogP contribution in [0.1, 0.15) is 0 Å². The third-order valence-corrected chi connectivity index (χ3v) is 3.82. The van der Waals surface area contributed by atoms with Gasteiger partial charge in [0.2, 0.25) is 5.88 Å². The molecule has 20 heavy (non-hydrogen) atoms. The number of aromatic nitrogens is 1. The van der Waals surface area contributed by atoms with Gasteiger partial charge in [-0.3, -0.25) is 0 Å². The summed E-state index contributed by atoms with van der Waals surface area (Å²) in [6.07, 6.45) is 0. The summed E-state index contributed by atoms with van der Waals surface area (Å²) in [5.74, 6) is 0.440. The van der Waals surface area contributed by atoms with Gasteiger partial charge in [-0.1, -0.05) is 23.4 Å². The molecule has 0 unspecified atom stereocenters. The van der Waals surface area contributed by atoms with Crippen LogP contribution in [0.25, 0.3) is 21.7 Å². The van der Waals surface area contributed by atoms with E-state index in [9.17, 15) is 4.39 Å². The molecule has 0 aliphatic heterocycles. The van der Waals surface area contributed by atoms with E-state index in [0.29, 0.717) is 22.6 Å². The number of halogens is 1. The molecule has 102 valence electrons. The van der Waals surface area contributed by atoms with Gasteiger partial charge in [-0.05, 0) is 6.07 Å². The van der Waals surface area contributed by atoms with E-state index in [1.165, 1.54) is 17.4 Å². The van der Waals surface area contributed by atoms with Crippen LogP contribution in [0.5, 0.6) is 5.75 Å². The van der Waals surface area contributed by atoms with Crippen molar-refractivity contribution in [3.63, 3.8) is 0 Å². The zero-order valence-electron chi connectivity index (χ0n) is 10.6. The number of nitrogens with zero attached hydrogens (tertiary/aromatic N) is 1. The molecule has 2 aromatic heterocycles. The summed E-state index contributed by atoms with van der Waals surface area (Å²) in [6, 6.07) is 8.19. The quantitative estimate of drug-likeness (QED) is 0.797. The molecule has 0 atom stereocenters. The van der Waals surface area contributed by atoms with Crippen LogP contribution < -0.4 is 10.5 Å². The SMILES string of the molecule is COc1csc(-c2noc(N)c2-c2ccccc2F)c1. The van der Waals surface area contributed by atoms with Crippen molar-refractivity contribution in [3.05, 3.63) is 41.5 Å². The minimum Gasteiger partial charge on any atom is -0.496 e. The van der Waals surface area contributed by atoms with E-state index < -0.39 is 0 Å². The second-order valence-corrected chi connectivity index (χ2v) is 5.01. The Kier molecular flexibility index (Phi) is 3.15. The average molecular weight is 290 g/mol. The smallest absolute Gasteiger partial charge is 0.230 e. The van der Waals surface area contributed by atoms with Gasteiger partial charge in [-0.25, -0.2) is 4.39 Å². The molecule has 0 bridgehead atoms. The Bertz CT molecular complexity index is 751. The molecule has 3 aromatic rings. The number of methoxy groups -OCH3 is 1. The predicted molar refractivity (Wildman–Crippen MR) is 76.2 cm³/mol. The van der Waals surface area contributed by atoms with Gasteiger partial charge in [0.25, 0.3) is 0 Å². The van der Waals surface area contributed by atoms with Crippen LogP contribution in [0.2, 0.25) is 0 Å². The lowest BCUT2D eigenvalue weighted by atomic mass is 10.0. The standard InChI is InChI=1S/C14H11FN2O2S/c1-18-8-6-11(20-7-8)13-12(14(16)19-17-13)9-4-2-3-5-10(9)15/h2-7H,16H2,1H3. The minimum atomic E-state index is -0.368. The highest BCUT2D eigenvalue weighted by atomic mass is 32.1. The molecule has 0 amide bonds. The molecule has 6 heteroatoms. The van der Waals surface area contributed by atoms with E-state index in [0.717, 1.165) is 4.88 Å². The summed E-state index contributed by atoms with van der Waals surface area (Å²) in [7, 11) is 1.58. The summed E-state index contributed by atoms with van der Waals surface area (Å²) >= 11 is 1.43. The predicted octanol–water partition coefficient (Wildman–Crippen LogP) is 3.80. The third kappa shape index (κ3) is 2.04. The van der Waals surface area contributed by atoms with Crippen LogP contribution in [0, 0.1) is 5.82 Å². The van der Waals surface area contributed by atoms with Crippen LogP contribution in [0.3, 0.4) is 0 Å². The van der Waals surface area contributed by atoms with Crippen LogP contribution in [0.4, 0.5) is 10.3 Å². The highest BCUT2D eigenvalue weighted by Gasteiger charge is 2.21. The Balaban J connectivity index is 2.17. The average Bonchev–Trinajstić information content (AvgIpc) is 3.06.